The van der Waals surface area contributed by atoms with Crippen molar-refractivity contribution in [2.45, 2.75) is 104 Å². The van der Waals surface area contributed by atoms with Gasteiger partial charge in [0, 0.05) is 6.61 Å². The van der Waals surface area contributed by atoms with Crippen LogP contribution in [0.3, 0.4) is 0 Å². The molecule has 1 aliphatic heterocycles. The van der Waals surface area contributed by atoms with E-state index >= 15 is 0 Å². The average Bonchev–Trinajstić information content (AvgIpc) is 3.06. The van der Waals surface area contributed by atoms with Crippen molar-refractivity contribution in [2.75, 3.05) is 13.3 Å². The summed E-state index contributed by atoms with van der Waals surface area (Å²) in [6.45, 7) is 8.13. The minimum atomic E-state index is -0.109. The highest BCUT2D eigenvalue weighted by Crippen LogP contribution is 2.67. The maximum absolute atomic E-state index is 13.9. The molecule has 0 aromatic heterocycles. The van der Waals surface area contributed by atoms with Crippen LogP contribution in [0.1, 0.15) is 91.4 Å². The molecule has 1 saturated heterocycles. The zero-order valence-corrected chi connectivity index (χ0v) is 19.5. The first kappa shape index (κ1) is 21.4. The Labute approximate surface area is 183 Å². The molecule has 5 rings (SSSR count). The third-order valence-electron chi connectivity index (χ3n) is 10.6. The maximum Gasteiger partial charge on any atom is 0.157 e. The molecule has 3 heteroatoms. The highest BCUT2D eigenvalue weighted by molar-refractivity contribution is 5.25. The Balaban J connectivity index is 1.33. The van der Waals surface area contributed by atoms with Gasteiger partial charge in [0.25, 0.3) is 0 Å². The summed E-state index contributed by atoms with van der Waals surface area (Å²) in [7, 11) is 0. The molecule has 0 bridgehead atoms. The quantitative estimate of drug-likeness (QED) is 0.454. The van der Waals surface area contributed by atoms with Crippen LogP contribution in [-0.4, -0.2) is 25.7 Å². The zero-order valence-electron chi connectivity index (χ0n) is 19.5. The fourth-order valence-corrected chi connectivity index (χ4v) is 9.03. The molecule has 30 heavy (non-hydrogen) atoms. The zero-order chi connectivity index (χ0) is 20.9. The van der Waals surface area contributed by atoms with Crippen LogP contribution in [0.25, 0.3) is 0 Å². The van der Waals surface area contributed by atoms with Gasteiger partial charge in [-0.15, -0.1) is 0 Å². The minimum absolute atomic E-state index is 0.0301. The third-order valence-corrected chi connectivity index (χ3v) is 10.6. The summed E-state index contributed by atoms with van der Waals surface area (Å²) in [6, 6.07) is 0. The monoisotopic (exact) mass is 418 g/mol. The highest BCUT2D eigenvalue weighted by atomic mass is 19.1. The summed E-state index contributed by atoms with van der Waals surface area (Å²) < 4.78 is 26.2. The predicted octanol–water partition coefficient (Wildman–Crippen LogP) is 7.08. The normalized spacial score (nSPS) is 50.9. The van der Waals surface area contributed by atoms with Gasteiger partial charge in [0.2, 0.25) is 0 Å². The molecule has 170 valence electrons. The van der Waals surface area contributed by atoms with Crippen LogP contribution >= 0.6 is 0 Å². The molecule has 0 N–H and O–H groups in total. The summed E-state index contributed by atoms with van der Waals surface area (Å²) >= 11 is 0. The summed E-state index contributed by atoms with van der Waals surface area (Å²) in [5.41, 5.74) is 2.38. The predicted molar refractivity (Wildman–Crippen MR) is 119 cm³/mol. The topological polar surface area (TPSA) is 18.5 Å². The number of allylic oxidation sites excluding steroid dienone is 1. The molecule has 5 aliphatic rings. The molecular formula is C27H43FO2. The summed E-state index contributed by atoms with van der Waals surface area (Å²) in [5.74, 6) is 3.18. The lowest BCUT2D eigenvalue weighted by Crippen LogP contribution is -2.50. The Morgan fingerprint density at radius 3 is 2.73 bits per heavy atom. The average molecular weight is 419 g/mol. The van der Waals surface area contributed by atoms with Crippen molar-refractivity contribution in [1.29, 1.82) is 0 Å². The molecule has 1 heterocycles. The molecule has 9 atom stereocenters. The number of rotatable bonds is 4. The van der Waals surface area contributed by atoms with Crippen molar-refractivity contribution in [3.05, 3.63) is 11.6 Å². The van der Waals surface area contributed by atoms with Crippen molar-refractivity contribution < 1.29 is 13.9 Å². The van der Waals surface area contributed by atoms with E-state index in [9.17, 15) is 4.39 Å². The van der Waals surface area contributed by atoms with E-state index in [1.54, 1.807) is 5.57 Å². The second-order valence-corrected chi connectivity index (χ2v) is 11.8. The number of halogens is 1. The largest absolute Gasteiger partial charge is 0.353 e. The molecule has 1 unspecified atom stereocenters. The Kier molecular flexibility index (Phi) is 5.84. The number of ether oxygens (including phenoxy) is 2. The van der Waals surface area contributed by atoms with Gasteiger partial charge >= 0.3 is 0 Å². The lowest BCUT2D eigenvalue weighted by Gasteiger charge is -2.58. The van der Waals surface area contributed by atoms with Crippen LogP contribution in [-0.2, 0) is 9.47 Å². The highest BCUT2D eigenvalue weighted by Gasteiger charge is 2.60. The molecule has 4 aliphatic carbocycles. The summed E-state index contributed by atoms with van der Waals surface area (Å²) in [5, 5.41) is 0. The molecule has 0 aromatic carbocycles. The Bertz CT molecular complexity index is 655. The van der Waals surface area contributed by atoms with E-state index < -0.39 is 0 Å². The van der Waals surface area contributed by atoms with E-state index in [0.717, 1.165) is 50.0 Å². The van der Waals surface area contributed by atoms with Gasteiger partial charge in [0.15, 0.2) is 6.29 Å². The van der Waals surface area contributed by atoms with Gasteiger partial charge in [-0.3, -0.25) is 4.39 Å². The van der Waals surface area contributed by atoms with Crippen LogP contribution in [0.5, 0.6) is 0 Å². The van der Waals surface area contributed by atoms with Gasteiger partial charge in [-0.05, 0) is 105 Å². The second kappa shape index (κ2) is 8.18. The Morgan fingerprint density at radius 2 is 2.00 bits per heavy atom. The smallest absolute Gasteiger partial charge is 0.157 e. The van der Waals surface area contributed by atoms with Gasteiger partial charge in [-0.25, -0.2) is 0 Å². The lowest BCUT2D eigenvalue weighted by atomic mass is 9.47. The van der Waals surface area contributed by atoms with Crippen molar-refractivity contribution in [2.24, 2.45) is 40.4 Å². The van der Waals surface area contributed by atoms with Gasteiger partial charge < -0.3 is 9.47 Å². The van der Waals surface area contributed by atoms with Crippen LogP contribution in [0.2, 0.25) is 0 Å². The van der Waals surface area contributed by atoms with Crippen LogP contribution in [0.4, 0.5) is 4.39 Å². The van der Waals surface area contributed by atoms with Crippen LogP contribution in [0, 0.1) is 40.4 Å². The fraction of sp³-hybridized carbons (Fsp3) is 0.926. The van der Waals surface area contributed by atoms with Gasteiger partial charge in [0.1, 0.15) is 0 Å². The number of hydrogen-bond donors (Lipinski definition) is 0. The Morgan fingerprint density at radius 1 is 1.13 bits per heavy atom. The van der Waals surface area contributed by atoms with E-state index in [4.69, 9.17) is 9.47 Å². The van der Waals surface area contributed by atoms with Crippen molar-refractivity contribution in [1.82, 2.24) is 0 Å². The minimum Gasteiger partial charge on any atom is -0.353 e. The molecule has 0 aromatic rings. The van der Waals surface area contributed by atoms with E-state index in [-0.39, 0.29) is 13.0 Å². The lowest BCUT2D eigenvalue weighted by molar-refractivity contribution is -0.195. The molecule has 0 radical (unpaired) electrons. The van der Waals surface area contributed by atoms with Crippen LogP contribution in [0.15, 0.2) is 11.6 Å². The molecule has 0 amide bonds. The first-order valence-corrected chi connectivity index (χ1v) is 13.0. The fourth-order valence-electron chi connectivity index (χ4n) is 9.03. The van der Waals surface area contributed by atoms with Crippen molar-refractivity contribution in [3.63, 3.8) is 0 Å². The van der Waals surface area contributed by atoms with Gasteiger partial charge in [0.05, 0.1) is 12.8 Å². The molecular weight excluding hydrogens is 375 g/mol. The SMILES string of the molecule is CC[C@H]1[C@H](CF)C[C@H]2[C@@H]3CC=C4C[C@@H](OC5CCCCO5)CC[C@]4(C)[C@H]3CC[C@]12C. The summed E-state index contributed by atoms with van der Waals surface area (Å²) in [4.78, 5) is 0. The number of alkyl halides is 1. The van der Waals surface area contributed by atoms with Crippen molar-refractivity contribution in [3.8, 4) is 0 Å². The molecule has 2 nitrogen and oxygen atoms in total. The van der Waals surface area contributed by atoms with E-state index in [0.29, 0.717) is 28.8 Å². The van der Waals surface area contributed by atoms with Crippen molar-refractivity contribution >= 4 is 0 Å². The number of fused-ring (bicyclic) bond motifs is 5. The van der Waals surface area contributed by atoms with E-state index in [1.165, 1.54) is 44.9 Å². The van der Waals surface area contributed by atoms with Gasteiger partial charge in [-0.1, -0.05) is 38.8 Å². The molecule has 3 saturated carbocycles. The summed E-state index contributed by atoms with van der Waals surface area (Å²) in [6.07, 6.45) is 16.1. The molecule has 0 spiro atoms. The standard InChI is InChI=1S/C27H43FO2/c1-4-22-18(17-28)15-24-21-9-8-19-16-20(30-25-7-5-6-14-29-25)10-12-26(19,2)23(21)11-13-27(22,24)3/h8,18,20-25H,4-7,9-17H2,1-3H3/t18-,20-,21+,22-,23-,24-,25?,26-,27+/m0/s1. The number of hydrogen-bond acceptors (Lipinski definition) is 2. The Hall–Kier alpha value is -0.410. The first-order chi connectivity index (χ1) is 14.5. The van der Waals surface area contributed by atoms with Gasteiger partial charge in [-0.2, -0.15) is 0 Å². The van der Waals surface area contributed by atoms with Crippen LogP contribution < -0.4 is 0 Å². The molecule has 4 fully saturated rings. The maximum atomic E-state index is 13.9. The first-order valence-electron chi connectivity index (χ1n) is 13.0. The second-order valence-electron chi connectivity index (χ2n) is 11.8. The van der Waals surface area contributed by atoms with E-state index in [2.05, 4.69) is 26.8 Å². The third kappa shape index (κ3) is 3.33. The van der Waals surface area contributed by atoms with E-state index in [1.807, 2.05) is 0 Å².